The highest BCUT2D eigenvalue weighted by Gasteiger charge is 2.31. The van der Waals surface area contributed by atoms with E-state index in [0.717, 1.165) is 35.6 Å². The van der Waals surface area contributed by atoms with Gasteiger partial charge in [-0.3, -0.25) is 0 Å². The highest BCUT2D eigenvalue weighted by atomic mass is 15.2. The summed E-state index contributed by atoms with van der Waals surface area (Å²) in [7, 11) is 0. The molecule has 1 fully saturated rings. The molecule has 3 nitrogen and oxygen atoms in total. The van der Waals surface area contributed by atoms with Crippen molar-refractivity contribution >= 4 is 5.82 Å². The van der Waals surface area contributed by atoms with Crippen LogP contribution in [0.3, 0.4) is 0 Å². The third kappa shape index (κ3) is 3.26. The van der Waals surface area contributed by atoms with Crippen molar-refractivity contribution in [1.29, 1.82) is 5.26 Å². The number of nitriles is 1. The first kappa shape index (κ1) is 13.9. The van der Waals surface area contributed by atoms with Crippen LogP contribution < -0.4 is 4.90 Å². The van der Waals surface area contributed by atoms with E-state index in [1.807, 2.05) is 19.9 Å². The molecular weight excluding hydrogens is 234 g/mol. The molecule has 0 saturated heterocycles. The molecular formula is C16H23N3. The minimum Gasteiger partial charge on any atom is -0.353 e. The van der Waals surface area contributed by atoms with Crippen molar-refractivity contribution in [2.24, 2.45) is 5.92 Å². The minimum absolute atomic E-state index is 0.597. The molecule has 1 saturated carbocycles. The quantitative estimate of drug-likeness (QED) is 0.809. The lowest BCUT2D eigenvalue weighted by molar-refractivity contribution is 0.568. The topological polar surface area (TPSA) is 39.9 Å². The first-order valence-corrected chi connectivity index (χ1v) is 7.18. The van der Waals surface area contributed by atoms with Gasteiger partial charge in [0, 0.05) is 18.3 Å². The molecule has 0 aliphatic heterocycles. The molecule has 1 heterocycles. The van der Waals surface area contributed by atoms with E-state index in [1.54, 1.807) is 0 Å². The molecule has 0 unspecified atom stereocenters. The zero-order chi connectivity index (χ0) is 14.0. The van der Waals surface area contributed by atoms with Gasteiger partial charge in [0.1, 0.15) is 11.9 Å². The van der Waals surface area contributed by atoms with E-state index < -0.39 is 0 Å². The van der Waals surface area contributed by atoms with Crippen LogP contribution >= 0.6 is 0 Å². The maximum atomic E-state index is 9.40. The number of hydrogen-bond donors (Lipinski definition) is 0. The van der Waals surface area contributed by atoms with Crippen LogP contribution in [-0.4, -0.2) is 17.6 Å². The maximum absolute atomic E-state index is 9.40. The van der Waals surface area contributed by atoms with Crippen molar-refractivity contribution in [2.45, 2.75) is 53.0 Å². The van der Waals surface area contributed by atoms with Crippen molar-refractivity contribution in [3.63, 3.8) is 0 Å². The lowest BCUT2D eigenvalue weighted by atomic mass is 10.1. The van der Waals surface area contributed by atoms with Crippen LogP contribution in [0.2, 0.25) is 0 Å². The van der Waals surface area contributed by atoms with Gasteiger partial charge in [0.05, 0.1) is 5.56 Å². The fourth-order valence-corrected chi connectivity index (χ4v) is 2.41. The Hall–Kier alpha value is -1.56. The summed E-state index contributed by atoms with van der Waals surface area (Å²) in [5.74, 6) is 1.58. The van der Waals surface area contributed by atoms with Crippen molar-refractivity contribution in [2.75, 3.05) is 11.4 Å². The Morgan fingerprint density at radius 2 is 2.11 bits per heavy atom. The van der Waals surface area contributed by atoms with Gasteiger partial charge in [-0.2, -0.15) is 5.26 Å². The van der Waals surface area contributed by atoms with E-state index in [4.69, 9.17) is 0 Å². The monoisotopic (exact) mass is 257 g/mol. The average Bonchev–Trinajstić information content (AvgIpc) is 3.12. The van der Waals surface area contributed by atoms with Gasteiger partial charge in [-0.15, -0.1) is 0 Å². The Kier molecular flexibility index (Phi) is 4.09. The van der Waals surface area contributed by atoms with E-state index in [9.17, 15) is 5.26 Å². The zero-order valence-electron chi connectivity index (χ0n) is 12.4. The molecule has 0 bridgehead atoms. The van der Waals surface area contributed by atoms with E-state index >= 15 is 0 Å². The molecule has 3 heteroatoms. The molecule has 0 aromatic carbocycles. The lowest BCUT2D eigenvalue weighted by Crippen LogP contribution is -2.29. The second-order valence-corrected chi connectivity index (χ2v) is 6.00. The molecule has 0 radical (unpaired) electrons. The number of aryl methyl sites for hydroxylation is 2. The van der Waals surface area contributed by atoms with Crippen LogP contribution in [-0.2, 0) is 0 Å². The van der Waals surface area contributed by atoms with Gasteiger partial charge < -0.3 is 4.90 Å². The largest absolute Gasteiger partial charge is 0.353 e. The zero-order valence-corrected chi connectivity index (χ0v) is 12.4. The molecule has 1 aliphatic rings. The molecule has 102 valence electrons. The van der Waals surface area contributed by atoms with Gasteiger partial charge in [0.25, 0.3) is 0 Å². The van der Waals surface area contributed by atoms with Crippen LogP contribution in [0.5, 0.6) is 0 Å². The van der Waals surface area contributed by atoms with Crippen LogP contribution in [0.15, 0.2) is 6.07 Å². The van der Waals surface area contributed by atoms with E-state index in [1.165, 1.54) is 12.8 Å². The Morgan fingerprint density at radius 3 is 2.63 bits per heavy atom. The van der Waals surface area contributed by atoms with E-state index in [2.05, 4.69) is 29.8 Å². The van der Waals surface area contributed by atoms with E-state index in [0.29, 0.717) is 12.0 Å². The molecule has 0 amide bonds. The highest BCUT2D eigenvalue weighted by Crippen LogP contribution is 2.34. The normalized spacial score (nSPS) is 14.5. The first-order chi connectivity index (χ1) is 9.02. The van der Waals surface area contributed by atoms with Crippen LogP contribution in [0.1, 0.15) is 49.9 Å². The summed E-state index contributed by atoms with van der Waals surface area (Å²) in [5, 5.41) is 9.40. The Balaban J connectivity index is 2.33. The number of aromatic nitrogens is 1. The van der Waals surface area contributed by atoms with Crippen molar-refractivity contribution in [3.8, 4) is 6.07 Å². The third-order valence-electron chi connectivity index (χ3n) is 3.64. The van der Waals surface area contributed by atoms with Crippen molar-refractivity contribution in [3.05, 3.63) is 22.9 Å². The standard InChI is InChI=1S/C16H23N3/c1-11(2)7-8-19(14-5-6-14)16-15(10-17)12(3)9-13(4)18-16/h9,11,14H,5-8H2,1-4H3. The van der Waals surface area contributed by atoms with Crippen LogP contribution in [0, 0.1) is 31.1 Å². The summed E-state index contributed by atoms with van der Waals surface area (Å²) in [6, 6.07) is 4.93. The van der Waals surface area contributed by atoms with Gasteiger partial charge in [0.15, 0.2) is 0 Å². The molecule has 0 atom stereocenters. The van der Waals surface area contributed by atoms with Crippen molar-refractivity contribution < 1.29 is 0 Å². The van der Waals surface area contributed by atoms with Crippen LogP contribution in [0.4, 0.5) is 5.82 Å². The fraction of sp³-hybridized carbons (Fsp3) is 0.625. The second kappa shape index (κ2) is 5.61. The Labute approximate surface area is 116 Å². The fourth-order valence-electron chi connectivity index (χ4n) is 2.41. The molecule has 1 aromatic rings. The summed E-state index contributed by atoms with van der Waals surface area (Å²) in [6.07, 6.45) is 3.62. The summed E-state index contributed by atoms with van der Waals surface area (Å²) in [6.45, 7) is 9.50. The molecule has 0 spiro atoms. The van der Waals surface area contributed by atoms with Gasteiger partial charge in [-0.05, 0) is 50.7 Å². The van der Waals surface area contributed by atoms with E-state index in [-0.39, 0.29) is 0 Å². The Bertz CT molecular complexity index is 495. The van der Waals surface area contributed by atoms with Gasteiger partial charge in [-0.25, -0.2) is 4.98 Å². The highest BCUT2D eigenvalue weighted by molar-refractivity contribution is 5.59. The number of hydrogen-bond acceptors (Lipinski definition) is 3. The summed E-state index contributed by atoms with van der Waals surface area (Å²) >= 11 is 0. The average molecular weight is 257 g/mol. The molecule has 0 N–H and O–H groups in total. The number of anilines is 1. The SMILES string of the molecule is Cc1cc(C)c(C#N)c(N(CCC(C)C)C2CC2)n1. The first-order valence-electron chi connectivity index (χ1n) is 7.18. The second-order valence-electron chi connectivity index (χ2n) is 6.00. The number of rotatable bonds is 5. The molecule has 1 aliphatic carbocycles. The molecule has 1 aromatic heterocycles. The third-order valence-corrected chi connectivity index (χ3v) is 3.64. The smallest absolute Gasteiger partial charge is 0.147 e. The van der Waals surface area contributed by atoms with Crippen molar-refractivity contribution in [1.82, 2.24) is 4.98 Å². The number of nitrogens with zero attached hydrogens (tertiary/aromatic N) is 3. The lowest BCUT2D eigenvalue weighted by Gasteiger charge is -2.26. The van der Waals surface area contributed by atoms with Crippen LogP contribution in [0.25, 0.3) is 0 Å². The summed E-state index contributed by atoms with van der Waals surface area (Å²) in [4.78, 5) is 7.01. The van der Waals surface area contributed by atoms with Gasteiger partial charge in [0.2, 0.25) is 0 Å². The van der Waals surface area contributed by atoms with Gasteiger partial charge in [-0.1, -0.05) is 13.8 Å². The Morgan fingerprint density at radius 1 is 1.42 bits per heavy atom. The predicted octanol–water partition coefficient (Wildman–Crippen LogP) is 3.59. The molecule has 2 rings (SSSR count). The predicted molar refractivity (Wildman–Crippen MR) is 78.2 cm³/mol. The molecule has 19 heavy (non-hydrogen) atoms. The van der Waals surface area contributed by atoms with Gasteiger partial charge >= 0.3 is 0 Å². The summed E-state index contributed by atoms with van der Waals surface area (Å²) in [5.41, 5.74) is 2.79. The summed E-state index contributed by atoms with van der Waals surface area (Å²) < 4.78 is 0. The number of pyridine rings is 1. The minimum atomic E-state index is 0.597. The maximum Gasteiger partial charge on any atom is 0.147 e.